The van der Waals surface area contributed by atoms with Gasteiger partial charge < -0.3 is 0 Å². The Morgan fingerprint density at radius 2 is 1.63 bits per heavy atom. The van der Waals surface area contributed by atoms with E-state index in [1.807, 2.05) is 20.8 Å². The zero-order valence-electron chi connectivity index (χ0n) is 13.5. The summed E-state index contributed by atoms with van der Waals surface area (Å²) >= 11 is 0. The molecule has 1 saturated carbocycles. The molecule has 1 N–H and O–H groups in total. The first-order valence-corrected chi connectivity index (χ1v) is 9.13. The van der Waals surface area contributed by atoms with E-state index in [4.69, 9.17) is 0 Å². The first-order valence-electron chi connectivity index (χ1n) is 7.98. The van der Waals surface area contributed by atoms with Crippen LogP contribution in [0.5, 0.6) is 0 Å². The molecule has 0 aromatic heterocycles. The molecule has 1 aliphatic rings. The van der Waals surface area contributed by atoms with E-state index in [0.29, 0.717) is 12.0 Å². The highest BCUT2D eigenvalue weighted by atomic mass is 32.2. The van der Waals surface area contributed by atoms with E-state index in [1.54, 1.807) is 0 Å². The predicted molar refractivity (Wildman–Crippen MR) is 85.5 cm³/mol. The molecule has 2 nitrogen and oxygen atoms in total. The highest BCUT2D eigenvalue weighted by molar-refractivity contribution is 7.84. The smallest absolute Gasteiger partial charge is 0.0972 e. The first-order chi connectivity index (χ1) is 8.80. The number of hydrogen-bond acceptors (Lipinski definition) is 1. The molecule has 1 aliphatic carbocycles. The van der Waals surface area contributed by atoms with Crippen LogP contribution in [0.2, 0.25) is 0 Å². The average molecular weight is 288 g/mol. The number of rotatable bonds is 5. The van der Waals surface area contributed by atoms with Crippen molar-refractivity contribution in [2.24, 2.45) is 11.8 Å². The monoisotopic (exact) mass is 287 g/mol. The minimum absolute atomic E-state index is 0.170. The fourth-order valence-electron chi connectivity index (χ4n) is 2.73. The van der Waals surface area contributed by atoms with Gasteiger partial charge in [0.15, 0.2) is 0 Å². The van der Waals surface area contributed by atoms with Crippen molar-refractivity contribution >= 4 is 11.0 Å². The van der Waals surface area contributed by atoms with E-state index in [9.17, 15) is 4.21 Å². The summed E-state index contributed by atoms with van der Waals surface area (Å²) in [7, 11) is -0.947. The van der Waals surface area contributed by atoms with Crippen molar-refractivity contribution in [3.8, 4) is 0 Å². The van der Waals surface area contributed by atoms with Crippen LogP contribution in [0.4, 0.5) is 0 Å². The third-order valence-electron chi connectivity index (χ3n) is 4.18. The van der Waals surface area contributed by atoms with E-state index in [2.05, 4.69) is 18.6 Å². The summed E-state index contributed by atoms with van der Waals surface area (Å²) in [6.07, 6.45) is 9.52. The van der Waals surface area contributed by atoms with Crippen LogP contribution in [-0.4, -0.2) is 15.0 Å². The molecule has 0 aliphatic heterocycles. The summed E-state index contributed by atoms with van der Waals surface area (Å²) in [5.41, 5.74) is 0. The Balaban J connectivity index is 2.54. The molecule has 0 aromatic rings. The van der Waals surface area contributed by atoms with Crippen molar-refractivity contribution in [2.75, 3.05) is 0 Å². The number of hydrogen-bond donors (Lipinski definition) is 1. The van der Waals surface area contributed by atoms with Crippen molar-refractivity contribution in [3.05, 3.63) is 0 Å². The van der Waals surface area contributed by atoms with Crippen molar-refractivity contribution in [1.82, 2.24) is 4.72 Å². The maximum absolute atomic E-state index is 12.3. The fourth-order valence-corrected chi connectivity index (χ4v) is 3.73. The standard InChI is InChI=1S/C16H33NOS/c1-13(2)15(17-19(18)16(3,4)5)12-14-10-8-6-7-9-11-14/h13-15,17H,6-12H2,1-5H3/t15-,19?/m1/s1. The Morgan fingerprint density at radius 1 is 1.11 bits per heavy atom. The first kappa shape index (κ1) is 17.2. The second kappa shape index (κ2) is 7.78. The molecule has 0 bridgehead atoms. The van der Waals surface area contributed by atoms with E-state index >= 15 is 0 Å². The van der Waals surface area contributed by atoms with E-state index in [-0.39, 0.29) is 4.75 Å². The van der Waals surface area contributed by atoms with Gasteiger partial charge in [0.1, 0.15) is 0 Å². The summed E-state index contributed by atoms with van der Waals surface area (Å²) < 4.78 is 15.5. The van der Waals surface area contributed by atoms with Gasteiger partial charge in [-0.3, -0.25) is 0 Å². The van der Waals surface area contributed by atoms with Crippen molar-refractivity contribution in [3.63, 3.8) is 0 Å². The molecule has 0 saturated heterocycles. The second-order valence-corrected chi connectivity index (χ2v) is 9.44. The van der Waals surface area contributed by atoms with Crippen LogP contribution in [0.3, 0.4) is 0 Å². The van der Waals surface area contributed by atoms with Crippen LogP contribution in [0.15, 0.2) is 0 Å². The molecule has 1 fully saturated rings. The molecule has 0 radical (unpaired) electrons. The largest absolute Gasteiger partial charge is 0.242 e. The molecule has 1 rings (SSSR count). The topological polar surface area (TPSA) is 29.1 Å². The average Bonchev–Trinajstić information content (AvgIpc) is 2.55. The molecule has 2 atom stereocenters. The molecule has 0 amide bonds. The maximum Gasteiger partial charge on any atom is 0.0972 e. The lowest BCUT2D eigenvalue weighted by atomic mass is 9.88. The Morgan fingerprint density at radius 3 is 2.05 bits per heavy atom. The molecule has 19 heavy (non-hydrogen) atoms. The number of nitrogens with one attached hydrogen (secondary N) is 1. The lowest BCUT2D eigenvalue weighted by Gasteiger charge is -2.29. The highest BCUT2D eigenvalue weighted by Crippen LogP contribution is 2.28. The Kier molecular flexibility index (Phi) is 7.02. The van der Waals surface area contributed by atoms with Gasteiger partial charge in [-0.15, -0.1) is 0 Å². The van der Waals surface area contributed by atoms with E-state index < -0.39 is 11.0 Å². The third kappa shape index (κ3) is 6.40. The molecule has 0 heterocycles. The Bertz CT molecular complexity index is 275. The van der Waals surface area contributed by atoms with Gasteiger partial charge in [-0.05, 0) is 39.0 Å². The summed E-state index contributed by atoms with van der Waals surface area (Å²) in [6, 6.07) is 0.392. The molecule has 114 valence electrons. The molecule has 1 unspecified atom stereocenters. The van der Waals surface area contributed by atoms with Crippen molar-refractivity contribution in [2.45, 2.75) is 90.4 Å². The second-order valence-electron chi connectivity index (χ2n) is 7.44. The van der Waals surface area contributed by atoms with Crippen LogP contribution in [-0.2, 0) is 11.0 Å². The van der Waals surface area contributed by atoms with Crippen LogP contribution < -0.4 is 4.72 Å². The highest BCUT2D eigenvalue weighted by Gasteiger charge is 2.26. The van der Waals surface area contributed by atoms with Crippen LogP contribution in [0.25, 0.3) is 0 Å². The molecule has 0 spiro atoms. The molecule has 0 aromatic carbocycles. The minimum atomic E-state index is -0.947. The predicted octanol–water partition coefficient (Wildman–Crippen LogP) is 4.42. The lowest BCUT2D eigenvalue weighted by Crippen LogP contribution is -2.43. The lowest BCUT2D eigenvalue weighted by molar-refractivity contribution is 0.328. The normalized spacial score (nSPS) is 22.2. The van der Waals surface area contributed by atoms with Crippen molar-refractivity contribution in [1.29, 1.82) is 0 Å². The van der Waals surface area contributed by atoms with Crippen LogP contribution in [0, 0.1) is 11.8 Å². The van der Waals surface area contributed by atoms with E-state index in [0.717, 1.165) is 5.92 Å². The summed E-state index contributed by atoms with van der Waals surface area (Å²) in [5.74, 6) is 1.38. The molecular formula is C16H33NOS. The van der Waals surface area contributed by atoms with Gasteiger partial charge in [0.2, 0.25) is 0 Å². The summed E-state index contributed by atoms with van der Waals surface area (Å²) in [4.78, 5) is 0. The Hall–Kier alpha value is 0.110. The Labute approximate surface area is 122 Å². The van der Waals surface area contributed by atoms with Gasteiger partial charge in [0, 0.05) is 6.04 Å². The van der Waals surface area contributed by atoms with Crippen LogP contribution >= 0.6 is 0 Å². The van der Waals surface area contributed by atoms with Gasteiger partial charge in [-0.25, -0.2) is 8.93 Å². The quantitative estimate of drug-likeness (QED) is 0.745. The van der Waals surface area contributed by atoms with Gasteiger partial charge >= 0.3 is 0 Å². The molecular weight excluding hydrogens is 254 g/mol. The zero-order valence-corrected chi connectivity index (χ0v) is 14.3. The van der Waals surface area contributed by atoms with Gasteiger partial charge in [0.25, 0.3) is 0 Å². The van der Waals surface area contributed by atoms with Crippen molar-refractivity contribution < 1.29 is 4.21 Å². The van der Waals surface area contributed by atoms with Gasteiger partial charge in [0.05, 0.1) is 15.7 Å². The molecule has 3 heteroatoms. The summed E-state index contributed by atoms with van der Waals surface area (Å²) in [6.45, 7) is 10.6. The zero-order chi connectivity index (χ0) is 14.5. The van der Waals surface area contributed by atoms with Gasteiger partial charge in [-0.1, -0.05) is 52.4 Å². The van der Waals surface area contributed by atoms with Gasteiger partial charge in [-0.2, -0.15) is 0 Å². The minimum Gasteiger partial charge on any atom is -0.242 e. The summed E-state index contributed by atoms with van der Waals surface area (Å²) in [5, 5.41) is 0. The fraction of sp³-hybridized carbons (Fsp3) is 1.00. The maximum atomic E-state index is 12.3. The SMILES string of the molecule is CC(C)[C@@H](CC1CCCCCC1)NS(=O)C(C)(C)C. The third-order valence-corrected chi connectivity index (χ3v) is 5.81. The van der Waals surface area contributed by atoms with E-state index in [1.165, 1.54) is 44.9 Å². The van der Waals surface area contributed by atoms with Crippen LogP contribution in [0.1, 0.15) is 79.6 Å².